The quantitative estimate of drug-likeness (QED) is 0.771. The molecule has 2 aromatic rings. The Hall–Kier alpha value is -2.50. The topological polar surface area (TPSA) is 24.6 Å². The highest BCUT2D eigenvalue weighted by Crippen LogP contribution is 2.21. The van der Waals surface area contributed by atoms with Crippen LogP contribution in [0, 0.1) is 0 Å². The molecule has 1 aliphatic rings. The molecule has 3 rings (SSSR count). The van der Waals surface area contributed by atoms with Crippen LogP contribution >= 0.6 is 0 Å². The molecule has 0 fully saturated rings. The minimum atomic E-state index is -4.18. The van der Waals surface area contributed by atoms with E-state index in [0.717, 1.165) is 0 Å². The highest BCUT2D eigenvalue weighted by Gasteiger charge is 2.53. The van der Waals surface area contributed by atoms with E-state index in [1.807, 2.05) is 6.07 Å². The molecule has 0 aromatic heterocycles. The molecule has 20 heavy (non-hydrogen) atoms. The van der Waals surface area contributed by atoms with Gasteiger partial charge in [0.15, 0.2) is 6.21 Å². The SMILES string of the molecule is F[B-]1(F)OC(c2ccccc2)=N/[N+]1=C/c1ccccc1. The molecule has 0 atom stereocenters. The maximum atomic E-state index is 13.9. The maximum Gasteiger partial charge on any atom is 0.859 e. The van der Waals surface area contributed by atoms with E-state index in [0.29, 0.717) is 15.7 Å². The van der Waals surface area contributed by atoms with Crippen molar-refractivity contribution in [3.63, 3.8) is 0 Å². The lowest BCUT2D eigenvalue weighted by Crippen LogP contribution is -2.36. The minimum absolute atomic E-state index is 0.0669. The van der Waals surface area contributed by atoms with Gasteiger partial charge in [-0.05, 0) is 29.4 Å². The van der Waals surface area contributed by atoms with Gasteiger partial charge in [-0.15, -0.1) is 0 Å². The molecule has 0 radical (unpaired) electrons. The van der Waals surface area contributed by atoms with Gasteiger partial charge in [0.2, 0.25) is 5.90 Å². The largest absolute Gasteiger partial charge is 0.859 e. The zero-order chi connectivity index (χ0) is 14.0. The summed E-state index contributed by atoms with van der Waals surface area (Å²) in [5.74, 6) is -0.0669. The van der Waals surface area contributed by atoms with E-state index in [-0.39, 0.29) is 5.90 Å². The fourth-order valence-electron chi connectivity index (χ4n) is 1.90. The predicted octanol–water partition coefficient (Wildman–Crippen LogP) is 2.88. The Bertz CT molecular complexity index is 672. The molecule has 3 nitrogen and oxygen atoms in total. The molecular formula is C14H11BF2N2O. The van der Waals surface area contributed by atoms with Crippen LogP contribution < -0.4 is 0 Å². The summed E-state index contributed by atoms with van der Waals surface area (Å²) in [6.45, 7) is 0. The molecule has 6 heteroatoms. The highest BCUT2D eigenvalue weighted by atomic mass is 19.3. The molecule has 0 aliphatic carbocycles. The number of nitrogens with zero attached hydrogens (tertiary/aromatic N) is 2. The molecule has 1 aliphatic heterocycles. The number of rotatable bonds is 2. The summed E-state index contributed by atoms with van der Waals surface area (Å²) in [5.41, 5.74) is 1.16. The van der Waals surface area contributed by atoms with Gasteiger partial charge < -0.3 is 13.3 Å². The summed E-state index contributed by atoms with van der Waals surface area (Å²) in [6, 6.07) is 17.5. The fraction of sp³-hybridized carbons (Fsp3) is 0. The average molecular weight is 272 g/mol. The summed E-state index contributed by atoms with van der Waals surface area (Å²) >= 11 is 0. The van der Waals surface area contributed by atoms with Crippen molar-refractivity contribution in [3.8, 4) is 0 Å². The van der Waals surface area contributed by atoms with Crippen LogP contribution in [0.1, 0.15) is 11.1 Å². The van der Waals surface area contributed by atoms with E-state index in [9.17, 15) is 8.63 Å². The van der Waals surface area contributed by atoms with Gasteiger partial charge in [0.25, 0.3) is 0 Å². The first-order chi connectivity index (χ1) is 9.65. The Labute approximate surface area is 114 Å². The average Bonchev–Trinajstić information content (AvgIpc) is 2.76. The lowest BCUT2D eigenvalue weighted by atomic mass is 10.1. The van der Waals surface area contributed by atoms with Gasteiger partial charge in [-0.3, -0.25) is 0 Å². The van der Waals surface area contributed by atoms with Gasteiger partial charge in [0, 0.05) is 11.1 Å². The number of hydrazone groups is 1. The Morgan fingerprint density at radius 1 is 0.950 bits per heavy atom. The summed E-state index contributed by atoms with van der Waals surface area (Å²) < 4.78 is 33.0. The summed E-state index contributed by atoms with van der Waals surface area (Å²) in [6.07, 6.45) is 1.27. The lowest BCUT2D eigenvalue weighted by molar-refractivity contribution is -0.425. The lowest BCUT2D eigenvalue weighted by Gasteiger charge is -2.10. The third-order valence-electron chi connectivity index (χ3n) is 2.87. The second-order valence-electron chi connectivity index (χ2n) is 4.37. The minimum Gasteiger partial charge on any atom is -0.580 e. The first-order valence-corrected chi connectivity index (χ1v) is 6.18. The van der Waals surface area contributed by atoms with E-state index in [4.69, 9.17) is 4.65 Å². The Morgan fingerprint density at radius 3 is 2.20 bits per heavy atom. The third kappa shape index (κ3) is 2.45. The van der Waals surface area contributed by atoms with Gasteiger partial charge in [-0.1, -0.05) is 36.4 Å². The van der Waals surface area contributed by atoms with Crippen molar-refractivity contribution in [1.82, 2.24) is 0 Å². The highest BCUT2D eigenvalue weighted by molar-refractivity contribution is 6.54. The standard InChI is InChI=1S/C14H11BF2N2O/c16-15(17)19(11-12-7-3-1-4-8-12)18-14(20-15)13-9-5-2-6-10-13/h1-11H/b19-11+. The van der Waals surface area contributed by atoms with Crippen molar-refractivity contribution in [1.29, 1.82) is 0 Å². The first kappa shape index (κ1) is 12.5. The third-order valence-corrected chi connectivity index (χ3v) is 2.87. The second kappa shape index (κ2) is 4.88. The Balaban J connectivity index is 1.98. The Kier molecular flexibility index (Phi) is 3.06. The van der Waals surface area contributed by atoms with Crippen LogP contribution in [0.5, 0.6) is 0 Å². The van der Waals surface area contributed by atoms with Gasteiger partial charge in [-0.25, -0.2) is 0 Å². The monoisotopic (exact) mass is 272 g/mol. The predicted molar refractivity (Wildman–Crippen MR) is 73.9 cm³/mol. The maximum absolute atomic E-state index is 13.9. The van der Waals surface area contributed by atoms with Gasteiger partial charge in [-0.2, -0.15) is 4.60 Å². The van der Waals surface area contributed by atoms with Crippen molar-refractivity contribution in [3.05, 3.63) is 71.8 Å². The van der Waals surface area contributed by atoms with Gasteiger partial charge in [0.05, 0.1) is 0 Å². The molecule has 100 valence electrons. The molecule has 2 aromatic carbocycles. The fourth-order valence-corrected chi connectivity index (χ4v) is 1.90. The molecule has 0 bridgehead atoms. The van der Waals surface area contributed by atoms with Crippen LogP contribution in [0.4, 0.5) is 8.63 Å². The van der Waals surface area contributed by atoms with Crippen molar-refractivity contribution in [2.24, 2.45) is 5.10 Å². The molecule has 1 heterocycles. The number of halogens is 2. The van der Waals surface area contributed by atoms with E-state index in [1.54, 1.807) is 54.6 Å². The summed E-state index contributed by atoms with van der Waals surface area (Å²) in [5, 5.41) is 3.86. The van der Waals surface area contributed by atoms with E-state index < -0.39 is 7.04 Å². The molecule has 0 N–H and O–H groups in total. The zero-order valence-corrected chi connectivity index (χ0v) is 10.5. The molecule has 0 spiro atoms. The molecule has 0 amide bonds. The van der Waals surface area contributed by atoms with Crippen LogP contribution in [0.3, 0.4) is 0 Å². The number of hydrogen-bond donors (Lipinski definition) is 0. The van der Waals surface area contributed by atoms with Gasteiger partial charge >= 0.3 is 7.04 Å². The molecule has 0 saturated heterocycles. The Morgan fingerprint density at radius 2 is 1.55 bits per heavy atom. The van der Waals surface area contributed by atoms with Gasteiger partial charge in [0.1, 0.15) is 0 Å². The molecule has 0 saturated carbocycles. The smallest absolute Gasteiger partial charge is 0.580 e. The van der Waals surface area contributed by atoms with Crippen molar-refractivity contribution >= 4 is 19.2 Å². The van der Waals surface area contributed by atoms with Crippen molar-refractivity contribution < 1.29 is 17.9 Å². The zero-order valence-electron chi connectivity index (χ0n) is 10.5. The van der Waals surface area contributed by atoms with Crippen LogP contribution in [-0.2, 0) is 4.65 Å². The number of benzene rings is 2. The van der Waals surface area contributed by atoms with E-state index in [2.05, 4.69) is 5.10 Å². The first-order valence-electron chi connectivity index (χ1n) is 6.18. The van der Waals surface area contributed by atoms with E-state index >= 15 is 0 Å². The van der Waals surface area contributed by atoms with Crippen LogP contribution in [0.25, 0.3) is 0 Å². The molecular weight excluding hydrogens is 261 g/mol. The molecule has 0 unspecified atom stereocenters. The van der Waals surface area contributed by atoms with Crippen LogP contribution in [0.2, 0.25) is 0 Å². The van der Waals surface area contributed by atoms with Crippen molar-refractivity contribution in [2.45, 2.75) is 0 Å². The number of hydrogen-bond acceptors (Lipinski definition) is 2. The summed E-state index contributed by atoms with van der Waals surface area (Å²) in [4.78, 5) is 0. The second-order valence-corrected chi connectivity index (χ2v) is 4.37. The van der Waals surface area contributed by atoms with E-state index in [1.165, 1.54) is 6.21 Å². The van der Waals surface area contributed by atoms with Crippen molar-refractivity contribution in [2.75, 3.05) is 0 Å². The van der Waals surface area contributed by atoms with Crippen LogP contribution in [0.15, 0.2) is 65.8 Å². The van der Waals surface area contributed by atoms with Crippen LogP contribution in [-0.4, -0.2) is 23.7 Å². The normalized spacial score (nSPS) is 18.7. The summed E-state index contributed by atoms with van der Waals surface area (Å²) in [7, 11) is -4.18.